The Kier molecular flexibility index (Phi) is 10.1. The van der Waals surface area contributed by atoms with E-state index in [0.717, 1.165) is 16.6 Å². The Bertz CT molecular complexity index is 4050. The van der Waals surface area contributed by atoms with Crippen LogP contribution in [0, 0.1) is 0 Å². The number of hydrogen-bond donors (Lipinski definition) is 1. The van der Waals surface area contributed by atoms with Crippen LogP contribution in [0.3, 0.4) is 0 Å². The summed E-state index contributed by atoms with van der Waals surface area (Å²) < 4.78 is 1.13. The summed E-state index contributed by atoms with van der Waals surface area (Å²) in [5, 5.41) is 5.04. The molecule has 0 saturated heterocycles. The van der Waals surface area contributed by atoms with E-state index in [-0.39, 0.29) is 10.8 Å². The smallest absolute Gasteiger partial charge is 0.0725 e. The molecule has 12 aromatic carbocycles. The summed E-state index contributed by atoms with van der Waals surface area (Å²) in [6.07, 6.45) is 0.924. The highest BCUT2D eigenvalue weighted by atomic mass is 79.9. The molecule has 4 aliphatic rings. The fourth-order valence-electron chi connectivity index (χ4n) is 13.1. The molecule has 2 heteroatoms. The summed E-state index contributed by atoms with van der Waals surface area (Å²) in [4.78, 5) is 0. The first-order valence-electron chi connectivity index (χ1n) is 25.3. The third-order valence-corrected chi connectivity index (χ3v) is 16.5. The molecule has 0 fully saturated rings. The molecule has 0 amide bonds. The largest absolute Gasteiger partial charge is 0.399 e. The summed E-state index contributed by atoms with van der Waals surface area (Å²) >= 11 is 3.72. The van der Waals surface area contributed by atoms with Crippen molar-refractivity contribution in [1.82, 2.24) is 0 Å². The predicted molar refractivity (Wildman–Crippen MR) is 308 cm³/mol. The summed E-state index contributed by atoms with van der Waals surface area (Å²) in [6, 6.07) is 97.2. The second-order valence-electron chi connectivity index (χ2n) is 19.8. The zero-order valence-corrected chi connectivity index (χ0v) is 41.7. The average molecular weight is 995 g/mol. The van der Waals surface area contributed by atoms with Crippen molar-refractivity contribution in [3.63, 3.8) is 0 Å². The molecule has 0 saturated carbocycles. The van der Waals surface area contributed by atoms with E-state index in [1.54, 1.807) is 0 Å². The van der Waals surface area contributed by atoms with Gasteiger partial charge in [0.1, 0.15) is 0 Å². The lowest BCUT2D eigenvalue weighted by Gasteiger charge is -2.30. The van der Waals surface area contributed by atoms with Gasteiger partial charge in [0, 0.05) is 10.2 Å². The quantitative estimate of drug-likeness (QED) is 0.172. The molecule has 16 rings (SSSR count). The van der Waals surface area contributed by atoms with Gasteiger partial charge in [0.2, 0.25) is 0 Å². The number of nitrogens with two attached hydrogens (primary N) is 1. The molecule has 0 heterocycles. The van der Waals surface area contributed by atoms with Crippen molar-refractivity contribution in [3.05, 3.63) is 327 Å². The lowest BCUT2D eigenvalue weighted by molar-refractivity contribution is 0.792. The van der Waals surface area contributed by atoms with E-state index in [1.807, 2.05) is 30.3 Å². The highest BCUT2D eigenvalue weighted by Crippen LogP contribution is 2.64. The van der Waals surface area contributed by atoms with Crippen molar-refractivity contribution in [2.24, 2.45) is 0 Å². The number of benzene rings is 12. The minimum Gasteiger partial charge on any atom is -0.399 e. The van der Waals surface area contributed by atoms with E-state index >= 15 is 0 Å². The third-order valence-electron chi connectivity index (χ3n) is 16.0. The first-order valence-corrected chi connectivity index (χ1v) is 26.0. The van der Waals surface area contributed by atoms with Gasteiger partial charge in [-0.05, 0) is 152 Å². The number of nitrogen functional groups attached to an aromatic ring is 1. The molecule has 2 N–H and O–H groups in total. The normalized spacial score (nSPS) is 13.6. The van der Waals surface area contributed by atoms with Crippen molar-refractivity contribution in [2.45, 2.75) is 17.3 Å². The van der Waals surface area contributed by atoms with Crippen molar-refractivity contribution in [3.8, 4) is 44.5 Å². The highest BCUT2D eigenvalue weighted by Gasteiger charge is 2.53. The van der Waals surface area contributed by atoms with Crippen LogP contribution >= 0.6 is 15.9 Å². The van der Waals surface area contributed by atoms with E-state index < -0.39 is 0 Å². The Morgan fingerprint density at radius 1 is 0.260 bits per heavy atom. The summed E-state index contributed by atoms with van der Waals surface area (Å²) in [5.74, 6) is 0. The fourth-order valence-corrected chi connectivity index (χ4v) is 13.5. The standard InChI is InChI=1S/C36H24.C25H15Br.C10H9N/c1-2-10-27-22-24(17-19-26(27)9-1)21-25-18-20-31-30-13-5-8-16-34(30)36(35(31)23-25)32-14-6-3-11-28(32)29-12-4-7-15-33(29)36;26-16-13-14-20-19-9-3-6-12-23(19)25(24(20)15-16)21-10-4-1-7-17(21)18-8-2-5-11-22(18)25;11-10-6-5-8-3-1-2-4-9(8)7-10/h1-20,22-23H,21H2;1-15H;1-7H,11H2. The molecule has 0 bridgehead atoms. The highest BCUT2D eigenvalue weighted by molar-refractivity contribution is 9.10. The monoisotopic (exact) mass is 993 g/mol. The molecule has 344 valence electrons. The van der Waals surface area contributed by atoms with Crippen LogP contribution < -0.4 is 5.73 Å². The maximum Gasteiger partial charge on any atom is 0.0725 e. The van der Waals surface area contributed by atoms with Gasteiger partial charge >= 0.3 is 0 Å². The average Bonchev–Trinajstić information content (AvgIpc) is 4.14. The van der Waals surface area contributed by atoms with Crippen LogP contribution in [0.4, 0.5) is 5.69 Å². The lowest BCUT2D eigenvalue weighted by Crippen LogP contribution is -2.26. The van der Waals surface area contributed by atoms with E-state index in [2.05, 4.69) is 253 Å². The van der Waals surface area contributed by atoms with Gasteiger partial charge in [0.05, 0.1) is 10.8 Å². The fraction of sp³-hybridized carbons (Fsp3) is 0.0423. The summed E-state index contributed by atoms with van der Waals surface area (Å²) in [5.41, 5.74) is 30.7. The van der Waals surface area contributed by atoms with Crippen LogP contribution in [0.1, 0.15) is 55.6 Å². The SMILES string of the molecule is Brc1ccc2c(c1)C1(c3ccccc3-c3ccccc31)c1ccccc1-2.Nc1ccc2ccccc2c1.c1ccc2c(c1)-c1ccccc1C21c2ccccc2-c2ccc(Cc3ccc4ccccc4c3)cc21. The van der Waals surface area contributed by atoms with Crippen LogP contribution in [-0.2, 0) is 17.3 Å². The van der Waals surface area contributed by atoms with Gasteiger partial charge in [-0.2, -0.15) is 0 Å². The Morgan fingerprint density at radius 3 is 1.03 bits per heavy atom. The maximum atomic E-state index is 5.62. The van der Waals surface area contributed by atoms with Crippen LogP contribution in [0.25, 0.3) is 66.1 Å². The van der Waals surface area contributed by atoms with Crippen molar-refractivity contribution >= 4 is 43.2 Å². The lowest BCUT2D eigenvalue weighted by atomic mass is 9.70. The Hall–Kier alpha value is -8.56. The molecule has 0 radical (unpaired) electrons. The molecule has 12 aromatic rings. The first kappa shape index (κ1) is 43.2. The van der Waals surface area contributed by atoms with E-state index in [0.29, 0.717) is 0 Å². The maximum absolute atomic E-state index is 5.62. The molecule has 4 aliphatic carbocycles. The van der Waals surface area contributed by atoms with Crippen molar-refractivity contribution < 1.29 is 0 Å². The van der Waals surface area contributed by atoms with Gasteiger partial charge < -0.3 is 5.73 Å². The number of rotatable bonds is 2. The van der Waals surface area contributed by atoms with Gasteiger partial charge in [-0.3, -0.25) is 0 Å². The number of fused-ring (bicyclic) bond motifs is 22. The number of halogens is 1. The predicted octanol–water partition coefficient (Wildman–Crippen LogP) is 18.0. The van der Waals surface area contributed by atoms with Crippen LogP contribution in [0.15, 0.2) is 271 Å². The number of hydrogen-bond acceptors (Lipinski definition) is 1. The molecule has 0 unspecified atom stereocenters. The van der Waals surface area contributed by atoms with Gasteiger partial charge in [0.15, 0.2) is 0 Å². The molecule has 0 atom stereocenters. The van der Waals surface area contributed by atoms with Crippen LogP contribution in [-0.4, -0.2) is 0 Å². The minimum absolute atomic E-state index is 0.219. The topological polar surface area (TPSA) is 26.0 Å². The van der Waals surface area contributed by atoms with Crippen LogP contribution in [0.2, 0.25) is 0 Å². The second kappa shape index (κ2) is 17.1. The van der Waals surface area contributed by atoms with Crippen molar-refractivity contribution in [2.75, 3.05) is 5.73 Å². The molecule has 1 nitrogen and oxygen atoms in total. The zero-order chi connectivity index (χ0) is 48.7. The summed E-state index contributed by atoms with van der Waals surface area (Å²) in [7, 11) is 0. The minimum atomic E-state index is -0.265. The Balaban J connectivity index is 0.000000116. The second-order valence-corrected chi connectivity index (χ2v) is 20.7. The molecule has 2 spiro atoms. The summed E-state index contributed by atoms with van der Waals surface area (Å²) in [6.45, 7) is 0. The third kappa shape index (κ3) is 6.53. The van der Waals surface area contributed by atoms with E-state index in [4.69, 9.17) is 5.73 Å². The Morgan fingerprint density at radius 2 is 0.575 bits per heavy atom. The van der Waals surface area contributed by atoms with Gasteiger partial charge in [0.25, 0.3) is 0 Å². The van der Waals surface area contributed by atoms with Gasteiger partial charge in [-0.1, -0.05) is 259 Å². The first-order chi connectivity index (χ1) is 36.0. The number of anilines is 1. The van der Waals surface area contributed by atoms with Gasteiger partial charge in [-0.25, -0.2) is 0 Å². The molecule has 0 aromatic heterocycles. The molecule has 73 heavy (non-hydrogen) atoms. The van der Waals surface area contributed by atoms with Crippen molar-refractivity contribution in [1.29, 1.82) is 0 Å². The molecular formula is C71H48BrN. The molecule has 0 aliphatic heterocycles. The van der Waals surface area contributed by atoms with E-state index in [9.17, 15) is 0 Å². The molecular weight excluding hydrogens is 947 g/mol. The van der Waals surface area contributed by atoms with Gasteiger partial charge in [-0.15, -0.1) is 0 Å². The van der Waals surface area contributed by atoms with Crippen LogP contribution in [0.5, 0.6) is 0 Å². The Labute approximate surface area is 435 Å². The van der Waals surface area contributed by atoms with E-state index in [1.165, 1.54) is 122 Å². The zero-order valence-electron chi connectivity index (χ0n) is 40.1.